The van der Waals surface area contributed by atoms with Crippen molar-refractivity contribution in [2.45, 2.75) is 19.4 Å². The van der Waals surface area contributed by atoms with Crippen LogP contribution in [-0.2, 0) is 9.53 Å². The Hall–Kier alpha value is -2.34. The summed E-state index contributed by atoms with van der Waals surface area (Å²) >= 11 is 1.48. The molecule has 0 saturated heterocycles. The fourth-order valence-electron chi connectivity index (χ4n) is 2.13. The fourth-order valence-corrected chi connectivity index (χ4v) is 2.91. The van der Waals surface area contributed by atoms with Crippen molar-refractivity contribution >= 4 is 23.2 Å². The average Bonchev–Trinajstić information content (AvgIpc) is 3.09. The van der Waals surface area contributed by atoms with E-state index in [2.05, 4.69) is 5.32 Å². The third-order valence-corrected chi connectivity index (χ3v) is 4.21. The topological polar surface area (TPSA) is 64.6 Å². The molecule has 1 unspecified atom stereocenters. The highest BCUT2D eigenvalue weighted by molar-refractivity contribution is 7.10. The van der Waals surface area contributed by atoms with Crippen molar-refractivity contribution in [2.75, 3.05) is 13.7 Å². The summed E-state index contributed by atoms with van der Waals surface area (Å²) in [5, 5.41) is 4.79. The van der Waals surface area contributed by atoms with Crippen LogP contribution in [0.4, 0.5) is 0 Å². The molecule has 0 saturated carbocycles. The molecule has 0 bridgehead atoms. The minimum Gasteiger partial charge on any atom is -0.493 e. The predicted octanol–water partition coefficient (Wildman–Crippen LogP) is 3.18. The minimum absolute atomic E-state index is 0.0829. The quantitative estimate of drug-likeness (QED) is 0.791. The predicted molar refractivity (Wildman–Crippen MR) is 88.8 cm³/mol. The highest BCUT2D eigenvalue weighted by atomic mass is 32.1. The van der Waals surface area contributed by atoms with Crippen LogP contribution < -0.4 is 10.1 Å². The Kier molecular flexibility index (Phi) is 6.17. The highest BCUT2D eigenvalue weighted by Crippen LogP contribution is 2.24. The number of carbonyl (C=O) groups is 2. The number of ether oxygens (including phenoxy) is 2. The molecule has 0 aliphatic rings. The van der Waals surface area contributed by atoms with E-state index >= 15 is 0 Å². The number of hydrogen-bond donors (Lipinski definition) is 1. The van der Waals surface area contributed by atoms with E-state index in [4.69, 9.17) is 9.47 Å². The van der Waals surface area contributed by atoms with Gasteiger partial charge in [-0.1, -0.05) is 18.2 Å². The van der Waals surface area contributed by atoms with Crippen molar-refractivity contribution in [2.24, 2.45) is 0 Å². The maximum atomic E-state index is 12.6. The van der Waals surface area contributed by atoms with Gasteiger partial charge in [-0.15, -0.1) is 11.3 Å². The molecule has 0 spiro atoms. The molecule has 0 fully saturated rings. The van der Waals surface area contributed by atoms with Crippen molar-refractivity contribution in [3.8, 4) is 5.75 Å². The van der Waals surface area contributed by atoms with Gasteiger partial charge in [0.15, 0.2) is 0 Å². The molecule has 0 aliphatic carbocycles. The molecule has 6 heteroatoms. The van der Waals surface area contributed by atoms with Gasteiger partial charge in [0.2, 0.25) is 0 Å². The summed E-state index contributed by atoms with van der Waals surface area (Å²) < 4.78 is 10.2. The maximum absolute atomic E-state index is 12.6. The molecule has 2 rings (SSSR count). The van der Waals surface area contributed by atoms with Gasteiger partial charge in [-0.05, 0) is 30.5 Å². The summed E-state index contributed by atoms with van der Waals surface area (Å²) in [7, 11) is 1.33. The molecule has 2 aromatic rings. The molecule has 0 aliphatic heterocycles. The Balaban J connectivity index is 2.19. The summed E-state index contributed by atoms with van der Waals surface area (Å²) in [4.78, 5) is 25.1. The van der Waals surface area contributed by atoms with Gasteiger partial charge in [0, 0.05) is 4.88 Å². The van der Waals surface area contributed by atoms with Gasteiger partial charge in [-0.3, -0.25) is 9.59 Å². The van der Waals surface area contributed by atoms with Crippen molar-refractivity contribution < 1.29 is 19.1 Å². The summed E-state index contributed by atoms with van der Waals surface area (Å²) in [6, 6.07) is 10.4. The first-order chi connectivity index (χ1) is 11.2. The Morgan fingerprint density at radius 1 is 1.22 bits per heavy atom. The van der Waals surface area contributed by atoms with E-state index in [1.165, 1.54) is 18.4 Å². The van der Waals surface area contributed by atoms with Crippen LogP contribution in [0.25, 0.3) is 0 Å². The third kappa shape index (κ3) is 4.56. The number of amides is 1. The summed E-state index contributed by atoms with van der Waals surface area (Å²) in [6.45, 7) is 2.33. The summed E-state index contributed by atoms with van der Waals surface area (Å²) in [5.41, 5.74) is 0.445. The molecule has 1 aromatic heterocycles. The molecular formula is C17H19NO4S. The lowest BCUT2D eigenvalue weighted by Crippen LogP contribution is -2.30. The monoisotopic (exact) mass is 333 g/mol. The number of esters is 1. The lowest BCUT2D eigenvalue weighted by Gasteiger charge is -2.17. The molecular weight excluding hydrogens is 314 g/mol. The van der Waals surface area contributed by atoms with Crippen molar-refractivity contribution in [1.29, 1.82) is 0 Å². The Labute approximate surface area is 139 Å². The number of carbonyl (C=O) groups excluding carboxylic acids is 2. The number of hydrogen-bond acceptors (Lipinski definition) is 5. The van der Waals surface area contributed by atoms with Gasteiger partial charge in [0.05, 0.1) is 31.7 Å². The maximum Gasteiger partial charge on any atom is 0.307 e. The van der Waals surface area contributed by atoms with Crippen LogP contribution in [0.2, 0.25) is 0 Å². The standard InChI is InChI=1S/C17H19NO4S/c1-3-22-14-8-5-4-7-12(14)17(20)18-13(11-16(19)21-2)15-9-6-10-23-15/h4-10,13H,3,11H2,1-2H3,(H,18,20). The van der Waals surface area contributed by atoms with Crippen LogP contribution >= 0.6 is 11.3 Å². The molecule has 1 aromatic carbocycles. The second-order valence-corrected chi connectivity index (χ2v) is 5.73. The minimum atomic E-state index is -0.426. The van der Waals surface area contributed by atoms with Crippen molar-refractivity contribution in [3.05, 3.63) is 52.2 Å². The molecule has 23 heavy (non-hydrogen) atoms. The Morgan fingerprint density at radius 3 is 2.65 bits per heavy atom. The zero-order chi connectivity index (χ0) is 16.7. The molecule has 1 atom stereocenters. The normalized spacial score (nSPS) is 11.6. The average molecular weight is 333 g/mol. The fraction of sp³-hybridized carbons (Fsp3) is 0.294. The third-order valence-electron chi connectivity index (χ3n) is 3.22. The first-order valence-electron chi connectivity index (χ1n) is 7.28. The number of rotatable bonds is 7. The van der Waals surface area contributed by atoms with Crippen LogP contribution in [0, 0.1) is 0 Å². The van der Waals surface area contributed by atoms with Crippen molar-refractivity contribution in [1.82, 2.24) is 5.32 Å². The van der Waals surface area contributed by atoms with Crippen LogP contribution in [0.1, 0.15) is 34.6 Å². The van der Waals surface area contributed by atoms with E-state index in [1.807, 2.05) is 30.5 Å². The van der Waals surface area contributed by atoms with Gasteiger partial charge >= 0.3 is 5.97 Å². The number of para-hydroxylation sites is 1. The highest BCUT2D eigenvalue weighted by Gasteiger charge is 2.22. The van der Waals surface area contributed by atoms with Crippen LogP contribution in [-0.4, -0.2) is 25.6 Å². The molecule has 5 nitrogen and oxygen atoms in total. The second kappa shape index (κ2) is 8.33. The molecule has 1 heterocycles. The molecule has 0 radical (unpaired) electrons. The second-order valence-electron chi connectivity index (χ2n) is 4.75. The lowest BCUT2D eigenvalue weighted by atomic mass is 10.1. The number of nitrogens with one attached hydrogen (secondary N) is 1. The van der Waals surface area contributed by atoms with E-state index in [1.54, 1.807) is 18.2 Å². The zero-order valence-corrected chi connectivity index (χ0v) is 13.9. The van der Waals surface area contributed by atoms with Crippen LogP contribution in [0.3, 0.4) is 0 Å². The number of methoxy groups -OCH3 is 1. The summed E-state index contributed by atoms with van der Waals surface area (Å²) in [5.74, 6) is -0.131. The first kappa shape index (κ1) is 17.0. The zero-order valence-electron chi connectivity index (χ0n) is 13.1. The van der Waals surface area contributed by atoms with E-state index in [-0.39, 0.29) is 18.3 Å². The van der Waals surface area contributed by atoms with Gasteiger partial charge in [0.1, 0.15) is 5.75 Å². The number of benzene rings is 1. The number of thiophene rings is 1. The van der Waals surface area contributed by atoms with Gasteiger partial charge in [0.25, 0.3) is 5.91 Å². The van der Waals surface area contributed by atoms with E-state index in [9.17, 15) is 9.59 Å². The van der Waals surface area contributed by atoms with E-state index < -0.39 is 6.04 Å². The summed E-state index contributed by atoms with van der Waals surface area (Å²) in [6.07, 6.45) is 0.0829. The molecule has 1 amide bonds. The Bertz CT molecular complexity index is 654. The SMILES string of the molecule is CCOc1ccccc1C(=O)NC(CC(=O)OC)c1cccs1. The van der Waals surface area contributed by atoms with Gasteiger partial charge in [-0.25, -0.2) is 0 Å². The van der Waals surface area contributed by atoms with Crippen LogP contribution in [0.15, 0.2) is 41.8 Å². The largest absolute Gasteiger partial charge is 0.493 e. The molecule has 1 N–H and O–H groups in total. The van der Waals surface area contributed by atoms with E-state index in [0.717, 1.165) is 4.88 Å². The van der Waals surface area contributed by atoms with E-state index in [0.29, 0.717) is 17.9 Å². The van der Waals surface area contributed by atoms with Gasteiger partial charge in [-0.2, -0.15) is 0 Å². The lowest BCUT2D eigenvalue weighted by molar-refractivity contribution is -0.141. The van der Waals surface area contributed by atoms with Crippen molar-refractivity contribution in [3.63, 3.8) is 0 Å². The van der Waals surface area contributed by atoms with Gasteiger partial charge < -0.3 is 14.8 Å². The Morgan fingerprint density at radius 2 is 2.00 bits per heavy atom. The van der Waals surface area contributed by atoms with Crippen LogP contribution in [0.5, 0.6) is 5.75 Å². The smallest absolute Gasteiger partial charge is 0.307 e. The first-order valence-corrected chi connectivity index (χ1v) is 8.16. The molecule has 122 valence electrons.